The van der Waals surface area contributed by atoms with Crippen LogP contribution in [0.1, 0.15) is 35.8 Å². The van der Waals surface area contributed by atoms with E-state index in [1.807, 2.05) is 42.6 Å². The molecule has 0 saturated carbocycles. The van der Waals surface area contributed by atoms with Crippen molar-refractivity contribution in [1.82, 2.24) is 19.7 Å². The Labute approximate surface area is 150 Å². The van der Waals surface area contributed by atoms with Crippen LogP contribution >= 0.6 is 11.3 Å². The fourth-order valence-corrected chi connectivity index (χ4v) is 3.91. The molecule has 0 aliphatic carbocycles. The molecule has 0 bridgehead atoms. The normalized spacial score (nSPS) is 14.6. The maximum absolute atomic E-state index is 9.64. The Morgan fingerprint density at radius 1 is 1.16 bits per heavy atom. The Balaban J connectivity index is 1.67. The summed E-state index contributed by atoms with van der Waals surface area (Å²) in [6.45, 7) is 0.884. The van der Waals surface area contributed by atoms with Gasteiger partial charge in [0.25, 0.3) is 0 Å². The Morgan fingerprint density at radius 2 is 2.04 bits per heavy atom. The zero-order valence-corrected chi connectivity index (χ0v) is 14.5. The van der Waals surface area contributed by atoms with Crippen molar-refractivity contribution in [3.8, 4) is 16.6 Å². The SMILES string of the molecule is N#C/C(=C\c1cnc(-c2ccccc2)s1)c1nnc2n1CCCCC2. The van der Waals surface area contributed by atoms with E-state index in [9.17, 15) is 5.26 Å². The highest BCUT2D eigenvalue weighted by molar-refractivity contribution is 7.15. The van der Waals surface area contributed by atoms with Gasteiger partial charge >= 0.3 is 0 Å². The number of fused-ring (bicyclic) bond motifs is 1. The monoisotopic (exact) mass is 347 g/mol. The van der Waals surface area contributed by atoms with Crippen LogP contribution in [0.2, 0.25) is 0 Å². The minimum absolute atomic E-state index is 0.545. The van der Waals surface area contributed by atoms with Gasteiger partial charge in [-0.1, -0.05) is 36.8 Å². The number of nitriles is 1. The summed E-state index contributed by atoms with van der Waals surface area (Å²) in [5.41, 5.74) is 1.63. The summed E-state index contributed by atoms with van der Waals surface area (Å²) >= 11 is 1.57. The van der Waals surface area contributed by atoms with Crippen molar-refractivity contribution in [2.45, 2.75) is 32.2 Å². The lowest BCUT2D eigenvalue weighted by atomic mass is 10.2. The average Bonchev–Trinajstić information content (AvgIpc) is 3.21. The zero-order chi connectivity index (χ0) is 17.1. The summed E-state index contributed by atoms with van der Waals surface area (Å²) in [6, 6.07) is 12.4. The van der Waals surface area contributed by atoms with Crippen LogP contribution in [0.3, 0.4) is 0 Å². The minimum Gasteiger partial charge on any atom is -0.310 e. The van der Waals surface area contributed by atoms with E-state index in [4.69, 9.17) is 0 Å². The first-order chi connectivity index (χ1) is 12.3. The number of benzene rings is 1. The van der Waals surface area contributed by atoms with Crippen LogP contribution < -0.4 is 0 Å². The van der Waals surface area contributed by atoms with Crippen LogP contribution in [0, 0.1) is 11.3 Å². The lowest BCUT2D eigenvalue weighted by molar-refractivity contribution is 0.627. The first kappa shape index (κ1) is 15.7. The van der Waals surface area contributed by atoms with Crippen molar-refractivity contribution in [2.24, 2.45) is 0 Å². The molecule has 0 N–H and O–H groups in total. The van der Waals surface area contributed by atoms with Crippen molar-refractivity contribution < 1.29 is 0 Å². The van der Waals surface area contributed by atoms with E-state index in [1.165, 1.54) is 6.42 Å². The van der Waals surface area contributed by atoms with Crippen LogP contribution in [-0.4, -0.2) is 19.7 Å². The van der Waals surface area contributed by atoms with E-state index >= 15 is 0 Å². The molecule has 0 saturated heterocycles. The van der Waals surface area contributed by atoms with Crippen molar-refractivity contribution in [1.29, 1.82) is 5.26 Å². The van der Waals surface area contributed by atoms with Gasteiger partial charge in [0.2, 0.25) is 0 Å². The molecule has 1 aromatic carbocycles. The van der Waals surface area contributed by atoms with Gasteiger partial charge in [-0.3, -0.25) is 0 Å². The second-order valence-corrected chi connectivity index (χ2v) is 7.07. The lowest BCUT2D eigenvalue weighted by Gasteiger charge is -2.05. The summed E-state index contributed by atoms with van der Waals surface area (Å²) in [4.78, 5) is 5.43. The Hall–Kier alpha value is -2.78. The van der Waals surface area contributed by atoms with Crippen molar-refractivity contribution in [3.63, 3.8) is 0 Å². The average molecular weight is 347 g/mol. The third-order valence-corrected chi connectivity index (χ3v) is 5.30. The highest BCUT2D eigenvalue weighted by atomic mass is 32.1. The number of thiazole rings is 1. The maximum atomic E-state index is 9.64. The highest BCUT2D eigenvalue weighted by Crippen LogP contribution is 2.28. The largest absolute Gasteiger partial charge is 0.310 e. The molecule has 6 heteroatoms. The number of hydrogen-bond acceptors (Lipinski definition) is 5. The highest BCUT2D eigenvalue weighted by Gasteiger charge is 2.18. The minimum atomic E-state index is 0.545. The van der Waals surface area contributed by atoms with Gasteiger partial charge in [0, 0.05) is 29.6 Å². The molecule has 0 unspecified atom stereocenters. The van der Waals surface area contributed by atoms with E-state index in [-0.39, 0.29) is 0 Å². The Bertz CT molecular complexity index is 946. The molecular formula is C19H17N5S. The predicted octanol–water partition coefficient (Wildman–Crippen LogP) is 4.19. The number of hydrogen-bond donors (Lipinski definition) is 0. The summed E-state index contributed by atoms with van der Waals surface area (Å²) in [7, 11) is 0. The van der Waals surface area contributed by atoms with Gasteiger partial charge in [0.05, 0.1) is 5.57 Å². The predicted molar refractivity (Wildman–Crippen MR) is 98.6 cm³/mol. The van der Waals surface area contributed by atoms with Crippen LogP contribution in [-0.2, 0) is 13.0 Å². The summed E-state index contributed by atoms with van der Waals surface area (Å²) in [6.07, 6.45) is 8.05. The molecule has 3 heterocycles. The molecule has 3 aromatic rings. The van der Waals surface area contributed by atoms with Gasteiger partial charge in [0.1, 0.15) is 16.9 Å². The molecule has 1 aliphatic rings. The molecule has 2 aromatic heterocycles. The zero-order valence-electron chi connectivity index (χ0n) is 13.7. The molecule has 1 aliphatic heterocycles. The standard InChI is InChI=1S/C19H17N5S/c20-12-15(18-23-22-17-9-5-2-6-10-24(17)18)11-16-13-21-19(25-16)14-7-3-1-4-8-14/h1,3-4,7-8,11,13H,2,5-6,9-10H2/b15-11+. The van der Waals surface area contributed by atoms with Crippen LogP contribution in [0.5, 0.6) is 0 Å². The van der Waals surface area contributed by atoms with E-state index in [2.05, 4.69) is 25.8 Å². The summed E-state index contributed by atoms with van der Waals surface area (Å²) in [5.74, 6) is 1.66. The number of nitrogens with zero attached hydrogens (tertiary/aromatic N) is 5. The molecular weight excluding hydrogens is 330 g/mol. The van der Waals surface area contributed by atoms with Gasteiger partial charge in [-0.25, -0.2) is 4.98 Å². The summed E-state index contributed by atoms with van der Waals surface area (Å²) in [5, 5.41) is 19.2. The first-order valence-corrected chi connectivity index (χ1v) is 9.22. The van der Waals surface area contributed by atoms with E-state index in [0.717, 1.165) is 47.1 Å². The fourth-order valence-electron chi connectivity index (χ4n) is 3.04. The topological polar surface area (TPSA) is 67.4 Å². The molecule has 0 atom stereocenters. The molecule has 0 fully saturated rings. The van der Waals surface area contributed by atoms with E-state index < -0.39 is 0 Å². The van der Waals surface area contributed by atoms with Gasteiger partial charge in [-0.2, -0.15) is 5.26 Å². The molecule has 25 heavy (non-hydrogen) atoms. The van der Waals surface area contributed by atoms with Crippen LogP contribution in [0.4, 0.5) is 0 Å². The van der Waals surface area contributed by atoms with Crippen LogP contribution in [0.15, 0.2) is 36.5 Å². The molecule has 124 valence electrons. The Kier molecular flexibility index (Phi) is 4.40. The number of aryl methyl sites for hydroxylation is 1. The quantitative estimate of drug-likeness (QED) is 0.666. The van der Waals surface area contributed by atoms with Crippen molar-refractivity contribution in [2.75, 3.05) is 0 Å². The van der Waals surface area contributed by atoms with Crippen molar-refractivity contribution in [3.05, 3.63) is 53.1 Å². The third kappa shape index (κ3) is 3.24. The second-order valence-electron chi connectivity index (χ2n) is 6.01. The Morgan fingerprint density at radius 3 is 2.88 bits per heavy atom. The number of rotatable bonds is 3. The summed E-state index contributed by atoms with van der Waals surface area (Å²) < 4.78 is 2.10. The maximum Gasteiger partial charge on any atom is 0.174 e. The molecule has 0 radical (unpaired) electrons. The van der Waals surface area contributed by atoms with E-state index in [0.29, 0.717) is 11.4 Å². The number of allylic oxidation sites excluding steroid dienone is 1. The smallest absolute Gasteiger partial charge is 0.174 e. The van der Waals surface area contributed by atoms with Crippen LogP contribution in [0.25, 0.3) is 22.2 Å². The molecule has 0 spiro atoms. The lowest BCUT2D eigenvalue weighted by Crippen LogP contribution is -2.05. The fraction of sp³-hybridized carbons (Fsp3) is 0.263. The number of aromatic nitrogens is 4. The van der Waals surface area contributed by atoms with Gasteiger partial charge in [-0.05, 0) is 18.9 Å². The molecule has 5 nitrogen and oxygen atoms in total. The van der Waals surface area contributed by atoms with Gasteiger partial charge in [0.15, 0.2) is 5.82 Å². The van der Waals surface area contributed by atoms with Crippen molar-refractivity contribution >= 4 is 23.0 Å². The third-order valence-electron chi connectivity index (χ3n) is 4.30. The van der Waals surface area contributed by atoms with Gasteiger partial charge in [-0.15, -0.1) is 21.5 Å². The van der Waals surface area contributed by atoms with Gasteiger partial charge < -0.3 is 4.57 Å². The van der Waals surface area contributed by atoms with E-state index in [1.54, 1.807) is 11.3 Å². The molecule has 0 amide bonds. The molecule has 4 rings (SSSR count). The first-order valence-electron chi connectivity index (χ1n) is 8.40. The second kappa shape index (κ2) is 6.99.